The van der Waals surface area contributed by atoms with Crippen molar-refractivity contribution in [1.29, 1.82) is 0 Å². The van der Waals surface area contributed by atoms with Crippen LogP contribution in [0.3, 0.4) is 0 Å². The molecule has 0 atom stereocenters. The second-order valence-corrected chi connectivity index (χ2v) is 5.21. The fourth-order valence-electron chi connectivity index (χ4n) is 2.30. The van der Waals surface area contributed by atoms with Crippen LogP contribution < -0.4 is 5.32 Å². The first-order valence-corrected chi connectivity index (χ1v) is 6.82. The molecule has 3 nitrogen and oxygen atoms in total. The average Bonchev–Trinajstić information content (AvgIpc) is 2.83. The van der Waals surface area contributed by atoms with Gasteiger partial charge in [0.15, 0.2) is 0 Å². The summed E-state index contributed by atoms with van der Waals surface area (Å²) >= 11 is 5.69. The normalized spacial score (nSPS) is 17.7. The Morgan fingerprint density at radius 3 is 2.44 bits per heavy atom. The summed E-state index contributed by atoms with van der Waals surface area (Å²) in [7, 11) is 0. The summed E-state index contributed by atoms with van der Waals surface area (Å²) in [6.07, 6.45) is 3.63. The lowest BCUT2D eigenvalue weighted by Crippen LogP contribution is -2.40. The zero-order chi connectivity index (χ0) is 13.0. The van der Waals surface area contributed by atoms with E-state index in [-0.39, 0.29) is 5.91 Å². The van der Waals surface area contributed by atoms with Gasteiger partial charge in [-0.15, -0.1) is 11.6 Å². The van der Waals surface area contributed by atoms with Crippen LogP contribution in [-0.2, 0) is 5.88 Å². The van der Waals surface area contributed by atoms with E-state index in [0.717, 1.165) is 31.2 Å². The Bertz CT molecular complexity index is 410. The number of hydrogen-bond acceptors (Lipinski definition) is 2. The van der Waals surface area contributed by atoms with Crippen LogP contribution in [0.1, 0.15) is 41.6 Å². The summed E-state index contributed by atoms with van der Waals surface area (Å²) in [4.78, 5) is 11.9. The van der Waals surface area contributed by atoms with E-state index in [4.69, 9.17) is 11.6 Å². The van der Waals surface area contributed by atoms with E-state index in [1.807, 2.05) is 12.1 Å². The number of amides is 1. The van der Waals surface area contributed by atoms with Crippen LogP contribution in [0.15, 0.2) is 24.3 Å². The van der Waals surface area contributed by atoms with Gasteiger partial charge in [-0.1, -0.05) is 25.0 Å². The van der Waals surface area contributed by atoms with Crippen LogP contribution in [0.2, 0.25) is 0 Å². The van der Waals surface area contributed by atoms with Gasteiger partial charge >= 0.3 is 0 Å². The molecule has 1 aromatic rings. The molecule has 2 rings (SSSR count). The number of hydrogen-bond donors (Lipinski definition) is 2. The van der Waals surface area contributed by atoms with Crippen molar-refractivity contribution in [2.75, 3.05) is 6.54 Å². The van der Waals surface area contributed by atoms with E-state index in [2.05, 4.69) is 5.32 Å². The Kier molecular flexibility index (Phi) is 4.25. The van der Waals surface area contributed by atoms with Gasteiger partial charge in [-0.2, -0.15) is 0 Å². The minimum Gasteiger partial charge on any atom is -0.388 e. The minimum atomic E-state index is -0.703. The molecule has 1 saturated carbocycles. The molecule has 4 heteroatoms. The molecule has 1 fully saturated rings. The van der Waals surface area contributed by atoms with Gasteiger partial charge < -0.3 is 10.4 Å². The molecule has 0 radical (unpaired) electrons. The maximum atomic E-state index is 11.9. The number of nitrogens with one attached hydrogen (secondary N) is 1. The number of rotatable bonds is 4. The van der Waals surface area contributed by atoms with E-state index in [1.54, 1.807) is 12.1 Å². The number of carbonyl (C=O) groups is 1. The second kappa shape index (κ2) is 5.72. The second-order valence-electron chi connectivity index (χ2n) is 4.94. The summed E-state index contributed by atoms with van der Waals surface area (Å²) in [5.41, 5.74) is 0.888. The molecular formula is C14H18ClNO2. The van der Waals surface area contributed by atoms with Crippen molar-refractivity contribution in [3.05, 3.63) is 35.4 Å². The molecule has 18 heavy (non-hydrogen) atoms. The summed E-state index contributed by atoms with van der Waals surface area (Å²) in [5, 5.41) is 12.9. The van der Waals surface area contributed by atoms with Gasteiger partial charge in [0.05, 0.1) is 5.60 Å². The van der Waals surface area contributed by atoms with E-state index in [1.165, 1.54) is 0 Å². The maximum absolute atomic E-state index is 11.9. The highest BCUT2D eigenvalue weighted by atomic mass is 35.5. The molecule has 0 heterocycles. The first-order chi connectivity index (χ1) is 8.63. The van der Waals surface area contributed by atoms with Crippen molar-refractivity contribution in [3.8, 4) is 0 Å². The summed E-state index contributed by atoms with van der Waals surface area (Å²) in [5.74, 6) is 0.304. The zero-order valence-electron chi connectivity index (χ0n) is 10.3. The molecule has 0 aliphatic heterocycles. The third-order valence-corrected chi connectivity index (χ3v) is 3.79. The molecule has 0 unspecified atom stereocenters. The Morgan fingerprint density at radius 1 is 1.28 bits per heavy atom. The predicted octanol–water partition coefficient (Wildman–Crippen LogP) is 2.46. The first kappa shape index (κ1) is 13.4. The summed E-state index contributed by atoms with van der Waals surface area (Å²) in [6, 6.07) is 7.19. The van der Waals surface area contributed by atoms with Crippen LogP contribution >= 0.6 is 11.6 Å². The Morgan fingerprint density at radius 2 is 1.89 bits per heavy atom. The largest absolute Gasteiger partial charge is 0.388 e. The fourth-order valence-corrected chi connectivity index (χ4v) is 2.48. The lowest BCUT2D eigenvalue weighted by atomic mass is 10.0. The highest BCUT2D eigenvalue weighted by molar-refractivity contribution is 6.17. The van der Waals surface area contributed by atoms with Gasteiger partial charge in [-0.05, 0) is 30.5 Å². The quantitative estimate of drug-likeness (QED) is 0.824. The maximum Gasteiger partial charge on any atom is 0.251 e. The predicted molar refractivity (Wildman–Crippen MR) is 71.8 cm³/mol. The van der Waals surface area contributed by atoms with Crippen molar-refractivity contribution >= 4 is 17.5 Å². The lowest BCUT2D eigenvalue weighted by molar-refractivity contribution is 0.0449. The summed E-state index contributed by atoms with van der Waals surface area (Å²) in [6.45, 7) is 0.336. The molecule has 1 amide bonds. The third kappa shape index (κ3) is 3.24. The van der Waals surface area contributed by atoms with Crippen LogP contribution in [0, 0.1) is 0 Å². The molecule has 98 valence electrons. The standard InChI is InChI=1S/C14H18ClNO2/c15-9-11-3-5-12(6-4-11)13(17)16-10-14(18)7-1-2-8-14/h3-6,18H,1-2,7-10H2,(H,16,17). The molecule has 1 aliphatic carbocycles. The first-order valence-electron chi connectivity index (χ1n) is 6.28. The van der Waals surface area contributed by atoms with E-state index >= 15 is 0 Å². The van der Waals surface area contributed by atoms with Crippen molar-refractivity contribution in [2.24, 2.45) is 0 Å². The smallest absolute Gasteiger partial charge is 0.251 e. The number of benzene rings is 1. The lowest BCUT2D eigenvalue weighted by Gasteiger charge is -2.22. The van der Waals surface area contributed by atoms with Gasteiger partial charge in [-0.25, -0.2) is 0 Å². The number of carbonyl (C=O) groups excluding carboxylic acids is 1. The van der Waals surface area contributed by atoms with Crippen LogP contribution in [0.5, 0.6) is 0 Å². The monoisotopic (exact) mass is 267 g/mol. The van der Waals surface area contributed by atoms with Crippen molar-refractivity contribution in [3.63, 3.8) is 0 Å². The van der Waals surface area contributed by atoms with Gasteiger partial charge in [0.2, 0.25) is 0 Å². The van der Waals surface area contributed by atoms with Crippen molar-refractivity contribution < 1.29 is 9.90 Å². The average molecular weight is 268 g/mol. The third-order valence-electron chi connectivity index (χ3n) is 3.48. The number of halogens is 1. The van der Waals surface area contributed by atoms with Gasteiger partial charge in [-0.3, -0.25) is 4.79 Å². The molecule has 0 aromatic heterocycles. The summed E-state index contributed by atoms with van der Waals surface area (Å²) < 4.78 is 0. The van der Waals surface area contributed by atoms with Gasteiger partial charge in [0, 0.05) is 18.0 Å². The Balaban J connectivity index is 1.90. The van der Waals surface area contributed by atoms with Gasteiger partial charge in [0.1, 0.15) is 0 Å². The van der Waals surface area contributed by atoms with E-state index < -0.39 is 5.60 Å². The Labute approximate surface area is 112 Å². The minimum absolute atomic E-state index is 0.142. The molecule has 0 saturated heterocycles. The topological polar surface area (TPSA) is 49.3 Å². The fraction of sp³-hybridized carbons (Fsp3) is 0.500. The van der Waals surface area contributed by atoms with Crippen LogP contribution in [0.25, 0.3) is 0 Å². The molecule has 1 aromatic carbocycles. The van der Waals surface area contributed by atoms with Crippen LogP contribution in [0.4, 0.5) is 0 Å². The van der Waals surface area contributed by atoms with Crippen LogP contribution in [-0.4, -0.2) is 23.2 Å². The number of aliphatic hydroxyl groups is 1. The van der Waals surface area contributed by atoms with E-state index in [0.29, 0.717) is 18.0 Å². The molecule has 0 spiro atoms. The molecular weight excluding hydrogens is 250 g/mol. The van der Waals surface area contributed by atoms with E-state index in [9.17, 15) is 9.90 Å². The molecule has 2 N–H and O–H groups in total. The molecule has 1 aliphatic rings. The Hall–Kier alpha value is -1.06. The van der Waals surface area contributed by atoms with Gasteiger partial charge in [0.25, 0.3) is 5.91 Å². The molecule has 0 bridgehead atoms. The highest BCUT2D eigenvalue weighted by Crippen LogP contribution is 2.28. The highest BCUT2D eigenvalue weighted by Gasteiger charge is 2.31. The SMILES string of the molecule is O=C(NCC1(O)CCCC1)c1ccc(CCl)cc1. The number of alkyl halides is 1. The van der Waals surface area contributed by atoms with Crippen molar-refractivity contribution in [1.82, 2.24) is 5.32 Å². The van der Waals surface area contributed by atoms with Crippen molar-refractivity contribution in [2.45, 2.75) is 37.2 Å². The zero-order valence-corrected chi connectivity index (χ0v) is 11.0.